The number of hydrogen-bond donors (Lipinski definition) is 1. The van der Waals surface area contributed by atoms with E-state index in [9.17, 15) is 27.3 Å². The molecule has 2 aliphatic rings. The topological polar surface area (TPSA) is 146 Å². The van der Waals surface area contributed by atoms with Crippen LogP contribution in [-0.4, -0.2) is 83.7 Å². The minimum absolute atomic E-state index is 0.00338. The molecule has 1 saturated heterocycles. The normalized spacial score (nSPS) is 19.0. The summed E-state index contributed by atoms with van der Waals surface area (Å²) in [7, 11) is -2.60. The van der Waals surface area contributed by atoms with Gasteiger partial charge in [-0.3, -0.25) is 9.20 Å². The molecule has 0 radical (unpaired) electrons. The van der Waals surface area contributed by atoms with Gasteiger partial charge < -0.3 is 14.5 Å². The first-order chi connectivity index (χ1) is 19.0. The van der Waals surface area contributed by atoms with Crippen LogP contribution in [0.4, 0.5) is 14.5 Å². The van der Waals surface area contributed by atoms with Gasteiger partial charge in [-0.2, -0.15) is 9.98 Å². The number of rotatable bonds is 9. The fourth-order valence-electron chi connectivity index (χ4n) is 4.73. The summed E-state index contributed by atoms with van der Waals surface area (Å²) in [6.45, 7) is 5.09. The number of carbonyl (C=O) groups excluding carboxylic acids is 1. The van der Waals surface area contributed by atoms with E-state index in [2.05, 4.69) is 19.9 Å². The van der Waals surface area contributed by atoms with Crippen LogP contribution in [0.2, 0.25) is 0 Å². The maximum Gasteiger partial charge on any atom is 0.291 e. The third-order valence-electron chi connectivity index (χ3n) is 6.98. The van der Waals surface area contributed by atoms with E-state index < -0.39 is 27.0 Å². The second-order valence-electron chi connectivity index (χ2n) is 10.2. The molecule has 40 heavy (non-hydrogen) atoms. The van der Waals surface area contributed by atoms with Crippen LogP contribution in [0.3, 0.4) is 0 Å². The maximum absolute atomic E-state index is 13.5. The van der Waals surface area contributed by atoms with Crippen LogP contribution >= 0.6 is 11.3 Å². The molecule has 0 bridgehead atoms. The second kappa shape index (κ2) is 10.6. The smallest absolute Gasteiger partial charge is 0.291 e. The lowest BCUT2D eigenvalue weighted by atomic mass is 10.1. The number of pyridine rings is 1. The minimum Gasteiger partial charge on any atom is -0.382 e. The van der Waals surface area contributed by atoms with Gasteiger partial charge in [-0.05, 0) is 18.9 Å². The van der Waals surface area contributed by atoms with Crippen molar-refractivity contribution >= 4 is 38.5 Å². The van der Waals surface area contributed by atoms with Crippen molar-refractivity contribution in [2.24, 2.45) is 5.92 Å². The number of imidazole rings is 1. The fraction of sp³-hybridized carbons (Fsp3) is 0.542. The highest BCUT2D eigenvalue weighted by molar-refractivity contribution is 7.89. The molecular weight excluding hydrogens is 566 g/mol. The van der Waals surface area contributed by atoms with E-state index >= 15 is 0 Å². The van der Waals surface area contributed by atoms with Crippen LogP contribution in [0.15, 0.2) is 23.4 Å². The molecular formula is C24H28F2N8O4S2. The highest BCUT2D eigenvalue weighted by Gasteiger charge is 2.47. The van der Waals surface area contributed by atoms with Crippen LogP contribution in [0, 0.1) is 17.2 Å². The summed E-state index contributed by atoms with van der Waals surface area (Å²) < 4.78 is 62.7. The molecule has 1 N–H and O–H groups in total. The van der Waals surface area contributed by atoms with Crippen LogP contribution < -0.4 is 9.62 Å². The van der Waals surface area contributed by atoms with E-state index in [1.807, 2.05) is 24.8 Å². The molecule has 1 saturated carbocycles. The first kappa shape index (κ1) is 28.3. The van der Waals surface area contributed by atoms with Crippen molar-refractivity contribution in [1.29, 1.82) is 5.26 Å². The van der Waals surface area contributed by atoms with E-state index in [-0.39, 0.29) is 40.2 Å². The van der Waals surface area contributed by atoms with E-state index in [4.69, 9.17) is 4.74 Å². The SMILES string of the molecule is COC[C@@H]1CN(c2cc(S(=O)(=O)NC3(C#N)CC3)cn3c(-c4nnc(C(F)F)s4)ncc23)CCN1C(=O)C(C)C. The predicted octanol–water partition coefficient (Wildman–Crippen LogP) is 2.44. The molecule has 12 nitrogen and oxygen atoms in total. The molecule has 1 atom stereocenters. The molecule has 5 rings (SSSR count). The Bertz CT molecular complexity index is 1580. The molecule has 3 aromatic rings. The van der Waals surface area contributed by atoms with Crippen molar-refractivity contribution in [2.45, 2.75) is 49.6 Å². The molecule has 0 unspecified atom stereocenters. The van der Waals surface area contributed by atoms with Crippen LogP contribution in [-0.2, 0) is 19.6 Å². The maximum atomic E-state index is 13.5. The predicted molar refractivity (Wildman–Crippen MR) is 141 cm³/mol. The standard InChI is InChI=1S/C24H28F2N8O4S2/c1-14(2)23(35)33-7-6-32(10-15(33)12-38-3)17-8-16(40(36,37)31-24(13-27)4-5-24)11-34-18(17)9-28-20(34)22-30-29-21(39-22)19(25)26/h8-9,11,14-15,19,31H,4-7,10,12H2,1-3H3/t15-/m0/s1. The number of alkyl halides is 2. The Hall–Kier alpha value is -3.26. The average molecular weight is 595 g/mol. The van der Waals surface area contributed by atoms with Gasteiger partial charge in [0.25, 0.3) is 6.43 Å². The summed E-state index contributed by atoms with van der Waals surface area (Å²) in [5.74, 6) is -0.0491. The van der Waals surface area contributed by atoms with Crippen molar-refractivity contribution in [3.05, 3.63) is 23.5 Å². The number of hydrogen-bond acceptors (Lipinski definition) is 10. The van der Waals surface area contributed by atoms with Gasteiger partial charge >= 0.3 is 0 Å². The fourth-order valence-corrected chi connectivity index (χ4v) is 6.82. The lowest BCUT2D eigenvalue weighted by Crippen LogP contribution is -2.58. The lowest BCUT2D eigenvalue weighted by molar-refractivity contribution is -0.138. The highest BCUT2D eigenvalue weighted by Crippen LogP contribution is 2.38. The van der Waals surface area contributed by atoms with E-state index in [1.54, 1.807) is 12.0 Å². The molecule has 1 aliphatic heterocycles. The van der Waals surface area contributed by atoms with Gasteiger partial charge in [-0.15, -0.1) is 10.2 Å². The molecule has 0 spiro atoms. The molecule has 1 aliphatic carbocycles. The zero-order chi connectivity index (χ0) is 28.8. The summed E-state index contributed by atoms with van der Waals surface area (Å²) in [6.07, 6.45) is 0.856. The van der Waals surface area contributed by atoms with Crippen molar-refractivity contribution in [3.63, 3.8) is 0 Å². The van der Waals surface area contributed by atoms with Gasteiger partial charge in [0, 0.05) is 38.9 Å². The molecule has 0 aromatic carbocycles. The Morgan fingerprint density at radius 3 is 2.67 bits per heavy atom. The van der Waals surface area contributed by atoms with Gasteiger partial charge in [0.1, 0.15) is 10.4 Å². The number of nitriles is 1. The first-order valence-corrected chi connectivity index (χ1v) is 14.9. The summed E-state index contributed by atoms with van der Waals surface area (Å²) in [5.41, 5.74) is -0.118. The number of anilines is 1. The number of piperazine rings is 1. The number of amides is 1. The summed E-state index contributed by atoms with van der Waals surface area (Å²) in [6, 6.07) is 3.24. The third kappa shape index (κ3) is 5.26. The number of aromatic nitrogens is 4. The van der Waals surface area contributed by atoms with Gasteiger partial charge in [0.05, 0.1) is 36.1 Å². The summed E-state index contributed by atoms with van der Waals surface area (Å²) in [5, 5.41) is 16.5. The number of nitrogens with zero attached hydrogens (tertiary/aromatic N) is 7. The Labute approximate surface area is 233 Å². The number of ether oxygens (including phenoxy) is 1. The largest absolute Gasteiger partial charge is 0.382 e. The van der Waals surface area contributed by atoms with Gasteiger partial charge in [0.2, 0.25) is 15.9 Å². The monoisotopic (exact) mass is 594 g/mol. The van der Waals surface area contributed by atoms with Crippen LogP contribution in [0.5, 0.6) is 0 Å². The highest BCUT2D eigenvalue weighted by atomic mass is 32.2. The molecule has 3 aromatic heterocycles. The van der Waals surface area contributed by atoms with Crippen LogP contribution in [0.1, 0.15) is 38.1 Å². The summed E-state index contributed by atoms with van der Waals surface area (Å²) in [4.78, 5) is 20.9. The zero-order valence-corrected chi connectivity index (χ0v) is 23.7. The average Bonchev–Trinajstić information content (AvgIpc) is 3.30. The van der Waals surface area contributed by atoms with E-state index in [0.29, 0.717) is 55.0 Å². The first-order valence-electron chi connectivity index (χ1n) is 12.6. The third-order valence-corrected chi connectivity index (χ3v) is 9.41. The second-order valence-corrected chi connectivity index (χ2v) is 12.9. The number of fused-ring (bicyclic) bond motifs is 1. The zero-order valence-electron chi connectivity index (χ0n) is 22.0. The minimum atomic E-state index is -4.15. The van der Waals surface area contributed by atoms with Gasteiger partial charge in [0.15, 0.2) is 15.8 Å². The molecule has 16 heteroatoms. The van der Waals surface area contributed by atoms with Crippen molar-refractivity contribution < 1.29 is 26.7 Å². The van der Waals surface area contributed by atoms with Gasteiger partial charge in [-0.1, -0.05) is 25.2 Å². The quantitative estimate of drug-likeness (QED) is 0.395. The lowest BCUT2D eigenvalue weighted by Gasteiger charge is -2.43. The molecule has 1 amide bonds. The molecule has 214 valence electrons. The number of carbonyl (C=O) groups is 1. The van der Waals surface area contributed by atoms with Gasteiger partial charge in [-0.25, -0.2) is 22.2 Å². The number of nitrogens with one attached hydrogen (secondary N) is 1. The number of halogens is 2. The molecule has 4 heterocycles. The van der Waals surface area contributed by atoms with Crippen molar-refractivity contribution in [3.8, 4) is 16.9 Å². The number of sulfonamides is 1. The van der Waals surface area contributed by atoms with E-state index in [0.717, 1.165) is 0 Å². The van der Waals surface area contributed by atoms with Crippen molar-refractivity contribution in [1.82, 2.24) is 29.2 Å². The van der Waals surface area contributed by atoms with E-state index in [1.165, 1.54) is 22.9 Å². The molecule has 2 fully saturated rings. The Morgan fingerprint density at radius 1 is 1.32 bits per heavy atom. The van der Waals surface area contributed by atoms with Crippen molar-refractivity contribution in [2.75, 3.05) is 38.3 Å². The summed E-state index contributed by atoms with van der Waals surface area (Å²) >= 11 is 0.667. The Morgan fingerprint density at radius 2 is 2.08 bits per heavy atom. The Kier molecular flexibility index (Phi) is 7.50. The number of methoxy groups -OCH3 is 1. The Balaban J connectivity index is 1.61. The van der Waals surface area contributed by atoms with Crippen LogP contribution in [0.25, 0.3) is 16.3 Å².